The van der Waals surface area contributed by atoms with Gasteiger partial charge >= 0.3 is 6.09 Å². The number of carbonyl (C=O) groups is 1. The Balaban J connectivity index is 2.30. The molecule has 0 aromatic rings. The van der Waals surface area contributed by atoms with Crippen molar-refractivity contribution in [3.8, 4) is 0 Å². The quantitative estimate of drug-likeness (QED) is 0.693. The van der Waals surface area contributed by atoms with Crippen molar-refractivity contribution in [1.82, 2.24) is 15.1 Å². The summed E-state index contributed by atoms with van der Waals surface area (Å²) in [7, 11) is 0. The van der Waals surface area contributed by atoms with Crippen molar-refractivity contribution in [3.63, 3.8) is 0 Å². The predicted octanol–water partition coefficient (Wildman–Crippen LogP) is 1.29. The number of nitrogens with zero attached hydrogens (tertiary/aromatic N) is 2. The number of likely N-dealkylation sites (tertiary alicyclic amines) is 1. The van der Waals surface area contributed by atoms with Crippen molar-refractivity contribution < 1.29 is 14.6 Å². The third-order valence-corrected chi connectivity index (χ3v) is 3.89. The number of carbonyl (C=O) groups excluding carboxylic acids is 1. The fraction of sp³-hybridized carbons (Fsp3) is 0.938. The van der Waals surface area contributed by atoms with Crippen LogP contribution in [-0.2, 0) is 4.74 Å². The lowest BCUT2D eigenvalue weighted by Crippen LogP contribution is -2.41. The number of amides is 1. The van der Waals surface area contributed by atoms with E-state index in [1.165, 1.54) is 0 Å². The molecule has 1 fully saturated rings. The number of aliphatic hydroxyl groups excluding tert-OH is 1. The standard InChI is InChI=1S/C16H33N3O3/c1-6-18(7-2)10-8-9-17-13-11-19(12-14(13)20)15(21)22-16(3,4)5/h13-14,17,20H,6-12H2,1-5H3/t13-,14-/m1/s1. The van der Waals surface area contributed by atoms with Crippen LogP contribution in [0.4, 0.5) is 4.79 Å². The zero-order valence-electron chi connectivity index (χ0n) is 14.8. The molecular weight excluding hydrogens is 282 g/mol. The van der Waals surface area contributed by atoms with Crippen LogP contribution in [0.3, 0.4) is 0 Å². The van der Waals surface area contributed by atoms with Crippen LogP contribution in [0, 0.1) is 0 Å². The Labute approximate surface area is 134 Å². The summed E-state index contributed by atoms with van der Waals surface area (Å²) in [6, 6.07) is -0.0655. The maximum atomic E-state index is 12.0. The average Bonchev–Trinajstić information content (AvgIpc) is 2.79. The highest BCUT2D eigenvalue weighted by Gasteiger charge is 2.35. The van der Waals surface area contributed by atoms with Gasteiger partial charge in [0.25, 0.3) is 0 Å². The summed E-state index contributed by atoms with van der Waals surface area (Å²) in [6.07, 6.45) is 0.164. The molecule has 0 aromatic heterocycles. The molecule has 6 heteroatoms. The average molecular weight is 315 g/mol. The topological polar surface area (TPSA) is 65.0 Å². The van der Waals surface area contributed by atoms with Crippen LogP contribution in [0.1, 0.15) is 41.0 Å². The molecule has 1 saturated heterocycles. The van der Waals surface area contributed by atoms with Gasteiger partial charge < -0.3 is 25.0 Å². The zero-order chi connectivity index (χ0) is 16.8. The van der Waals surface area contributed by atoms with Gasteiger partial charge in [0.15, 0.2) is 0 Å². The fourth-order valence-corrected chi connectivity index (χ4v) is 2.59. The Bertz CT molecular complexity index is 340. The molecule has 0 radical (unpaired) electrons. The third kappa shape index (κ3) is 6.50. The Morgan fingerprint density at radius 1 is 1.32 bits per heavy atom. The minimum absolute atomic E-state index is 0.0655. The number of nitrogens with one attached hydrogen (secondary N) is 1. The minimum Gasteiger partial charge on any atom is -0.444 e. The fourth-order valence-electron chi connectivity index (χ4n) is 2.59. The SMILES string of the molecule is CCN(CC)CCCN[C@@H]1CN(C(=O)OC(C)(C)C)C[C@H]1O. The summed E-state index contributed by atoms with van der Waals surface area (Å²) in [6.45, 7) is 14.7. The maximum Gasteiger partial charge on any atom is 0.410 e. The van der Waals surface area contributed by atoms with E-state index in [4.69, 9.17) is 4.74 Å². The highest BCUT2D eigenvalue weighted by molar-refractivity contribution is 5.68. The first-order valence-corrected chi connectivity index (χ1v) is 8.38. The molecule has 0 bridgehead atoms. The Kier molecular flexibility index (Phi) is 7.59. The van der Waals surface area contributed by atoms with Crippen molar-refractivity contribution in [1.29, 1.82) is 0 Å². The molecule has 2 atom stereocenters. The molecule has 1 aliphatic heterocycles. The molecular formula is C16H33N3O3. The highest BCUT2D eigenvalue weighted by Crippen LogP contribution is 2.15. The molecule has 1 heterocycles. The van der Waals surface area contributed by atoms with Crippen molar-refractivity contribution in [2.75, 3.05) is 39.3 Å². The lowest BCUT2D eigenvalue weighted by Gasteiger charge is -2.24. The molecule has 22 heavy (non-hydrogen) atoms. The molecule has 6 nitrogen and oxygen atoms in total. The van der Waals surface area contributed by atoms with Crippen molar-refractivity contribution in [2.45, 2.75) is 58.8 Å². The van der Waals surface area contributed by atoms with Gasteiger partial charge in [-0.1, -0.05) is 13.8 Å². The van der Waals surface area contributed by atoms with E-state index in [2.05, 4.69) is 24.1 Å². The van der Waals surface area contributed by atoms with Gasteiger partial charge in [-0.3, -0.25) is 0 Å². The zero-order valence-corrected chi connectivity index (χ0v) is 14.8. The van der Waals surface area contributed by atoms with Gasteiger partial charge in [-0.05, 0) is 53.4 Å². The summed E-state index contributed by atoms with van der Waals surface area (Å²) in [5.41, 5.74) is -0.503. The van der Waals surface area contributed by atoms with Gasteiger partial charge in [0.05, 0.1) is 18.7 Å². The van der Waals surface area contributed by atoms with Crippen LogP contribution in [0.25, 0.3) is 0 Å². The normalized spacial score (nSPS) is 22.4. The van der Waals surface area contributed by atoms with Crippen LogP contribution < -0.4 is 5.32 Å². The predicted molar refractivity (Wildman–Crippen MR) is 88.0 cm³/mol. The van der Waals surface area contributed by atoms with Gasteiger partial charge in [0.1, 0.15) is 5.60 Å². The van der Waals surface area contributed by atoms with Crippen molar-refractivity contribution in [2.24, 2.45) is 0 Å². The van der Waals surface area contributed by atoms with E-state index in [-0.39, 0.29) is 12.1 Å². The lowest BCUT2D eigenvalue weighted by molar-refractivity contribution is 0.0270. The molecule has 1 aliphatic rings. The number of ether oxygens (including phenoxy) is 1. The minimum atomic E-state index is -0.527. The first-order valence-electron chi connectivity index (χ1n) is 8.38. The third-order valence-electron chi connectivity index (χ3n) is 3.89. The number of β-amino-alcohol motifs (C(OH)–C–C–N with tert-alkyl or cyclic N) is 1. The number of hydrogen-bond acceptors (Lipinski definition) is 5. The van der Waals surface area contributed by atoms with Crippen LogP contribution in [0.2, 0.25) is 0 Å². The van der Waals surface area contributed by atoms with Crippen LogP contribution >= 0.6 is 0 Å². The molecule has 1 amide bonds. The van der Waals surface area contributed by atoms with Gasteiger partial charge in [0, 0.05) is 6.54 Å². The van der Waals surface area contributed by atoms with Crippen LogP contribution in [-0.4, -0.2) is 78.0 Å². The van der Waals surface area contributed by atoms with Crippen LogP contribution in [0.5, 0.6) is 0 Å². The Hall–Kier alpha value is -0.850. The van der Waals surface area contributed by atoms with E-state index in [0.29, 0.717) is 13.1 Å². The molecule has 0 aliphatic carbocycles. The van der Waals surface area contributed by atoms with Gasteiger partial charge in [0.2, 0.25) is 0 Å². The van der Waals surface area contributed by atoms with E-state index in [1.54, 1.807) is 4.90 Å². The van der Waals surface area contributed by atoms with E-state index in [1.807, 2.05) is 20.8 Å². The smallest absolute Gasteiger partial charge is 0.410 e. The Morgan fingerprint density at radius 2 is 1.95 bits per heavy atom. The van der Waals surface area contributed by atoms with Gasteiger partial charge in [-0.2, -0.15) is 0 Å². The number of aliphatic hydroxyl groups is 1. The molecule has 2 N–H and O–H groups in total. The maximum absolute atomic E-state index is 12.0. The van der Waals surface area contributed by atoms with Crippen LogP contribution in [0.15, 0.2) is 0 Å². The molecule has 0 saturated carbocycles. The van der Waals surface area contributed by atoms with E-state index < -0.39 is 11.7 Å². The summed E-state index contributed by atoms with van der Waals surface area (Å²) in [4.78, 5) is 16.0. The second-order valence-electron chi connectivity index (χ2n) is 6.89. The number of hydrogen-bond donors (Lipinski definition) is 2. The summed E-state index contributed by atoms with van der Waals surface area (Å²) in [5.74, 6) is 0. The van der Waals surface area contributed by atoms with E-state index in [9.17, 15) is 9.90 Å². The number of rotatable bonds is 7. The van der Waals surface area contributed by atoms with Gasteiger partial charge in [-0.15, -0.1) is 0 Å². The summed E-state index contributed by atoms with van der Waals surface area (Å²) < 4.78 is 5.35. The molecule has 0 spiro atoms. The first kappa shape index (κ1) is 19.2. The molecule has 130 valence electrons. The second-order valence-corrected chi connectivity index (χ2v) is 6.89. The first-order chi connectivity index (χ1) is 10.3. The van der Waals surface area contributed by atoms with E-state index >= 15 is 0 Å². The largest absolute Gasteiger partial charge is 0.444 e. The highest BCUT2D eigenvalue weighted by atomic mass is 16.6. The monoisotopic (exact) mass is 315 g/mol. The molecule has 0 unspecified atom stereocenters. The lowest BCUT2D eigenvalue weighted by atomic mass is 10.2. The Morgan fingerprint density at radius 3 is 2.50 bits per heavy atom. The van der Waals surface area contributed by atoms with E-state index in [0.717, 1.165) is 32.6 Å². The molecule has 1 rings (SSSR count). The summed E-state index contributed by atoms with van der Waals surface area (Å²) in [5, 5.41) is 13.4. The second kappa shape index (κ2) is 8.70. The van der Waals surface area contributed by atoms with Crippen molar-refractivity contribution in [3.05, 3.63) is 0 Å². The van der Waals surface area contributed by atoms with Crippen molar-refractivity contribution >= 4 is 6.09 Å². The van der Waals surface area contributed by atoms with Gasteiger partial charge in [-0.25, -0.2) is 4.79 Å². The summed E-state index contributed by atoms with van der Waals surface area (Å²) >= 11 is 0. The molecule has 0 aromatic carbocycles.